The highest BCUT2D eigenvalue weighted by atomic mass is 35.5. The Morgan fingerprint density at radius 3 is 2.55 bits per heavy atom. The maximum atomic E-state index is 13.6. The Balaban J connectivity index is 2.11. The van der Waals surface area contributed by atoms with Gasteiger partial charge in [-0.1, -0.05) is 11.6 Å². The van der Waals surface area contributed by atoms with E-state index in [1.165, 1.54) is 37.3 Å². The first-order valence-electron chi connectivity index (χ1n) is 6.01. The molecule has 5 heteroatoms. The van der Waals surface area contributed by atoms with Crippen LogP contribution in [0.5, 0.6) is 5.75 Å². The van der Waals surface area contributed by atoms with Gasteiger partial charge in [0.15, 0.2) is 0 Å². The number of hydrogen-bond donors (Lipinski definition) is 1. The van der Waals surface area contributed by atoms with Crippen LogP contribution in [-0.4, -0.2) is 5.11 Å². The van der Waals surface area contributed by atoms with Gasteiger partial charge in [0.05, 0.1) is 6.10 Å². The maximum Gasteiger partial charge on any atom is 0.132 e. The van der Waals surface area contributed by atoms with Gasteiger partial charge >= 0.3 is 0 Å². The molecule has 0 saturated carbocycles. The number of halogens is 3. The van der Waals surface area contributed by atoms with Gasteiger partial charge in [-0.3, -0.25) is 0 Å². The van der Waals surface area contributed by atoms with Gasteiger partial charge in [0, 0.05) is 22.2 Å². The fraction of sp³-hybridized carbons (Fsp3) is 0.200. The van der Waals surface area contributed by atoms with Crippen LogP contribution < -0.4 is 4.74 Å². The molecule has 2 nitrogen and oxygen atoms in total. The minimum absolute atomic E-state index is 0.0557. The summed E-state index contributed by atoms with van der Waals surface area (Å²) in [5, 5.41) is 9.73. The average molecular weight is 299 g/mol. The maximum absolute atomic E-state index is 13.6. The van der Waals surface area contributed by atoms with E-state index in [0.717, 1.165) is 6.07 Å². The van der Waals surface area contributed by atoms with E-state index in [1.54, 1.807) is 0 Å². The molecule has 0 heterocycles. The quantitative estimate of drug-likeness (QED) is 0.914. The molecule has 1 unspecified atom stereocenters. The molecule has 0 saturated heterocycles. The number of hydrogen-bond acceptors (Lipinski definition) is 2. The zero-order chi connectivity index (χ0) is 14.7. The van der Waals surface area contributed by atoms with Crippen molar-refractivity contribution in [1.82, 2.24) is 0 Å². The minimum atomic E-state index is -0.894. The van der Waals surface area contributed by atoms with Crippen LogP contribution in [0.1, 0.15) is 24.2 Å². The molecule has 0 amide bonds. The van der Waals surface area contributed by atoms with E-state index >= 15 is 0 Å². The van der Waals surface area contributed by atoms with E-state index in [-0.39, 0.29) is 23.5 Å². The molecule has 0 spiro atoms. The number of ether oxygens (including phenoxy) is 1. The standard InChI is InChI=1S/C15H13ClF2O2/c1-9(19)13-4-3-12(7-15(13)18)20-8-10-6-11(16)2-5-14(10)17/h2-7,9,19H,8H2,1H3. The zero-order valence-electron chi connectivity index (χ0n) is 10.7. The van der Waals surface area contributed by atoms with Crippen LogP contribution in [-0.2, 0) is 6.61 Å². The number of benzene rings is 2. The summed E-state index contributed by atoms with van der Waals surface area (Å²) in [4.78, 5) is 0. The molecule has 2 aromatic carbocycles. The second kappa shape index (κ2) is 6.20. The van der Waals surface area contributed by atoms with Crippen LogP contribution in [0.3, 0.4) is 0 Å². The molecule has 0 aliphatic heterocycles. The van der Waals surface area contributed by atoms with Gasteiger partial charge in [0.2, 0.25) is 0 Å². The summed E-state index contributed by atoms with van der Waals surface area (Å²) in [6.45, 7) is 1.42. The lowest BCUT2D eigenvalue weighted by Crippen LogP contribution is -2.01. The summed E-state index contributed by atoms with van der Waals surface area (Å²) in [5.74, 6) is -0.745. The van der Waals surface area contributed by atoms with Crippen molar-refractivity contribution in [1.29, 1.82) is 0 Å². The summed E-state index contributed by atoms with van der Waals surface area (Å²) < 4.78 is 32.4. The lowest BCUT2D eigenvalue weighted by atomic mass is 10.1. The fourth-order valence-electron chi connectivity index (χ4n) is 1.75. The Morgan fingerprint density at radius 2 is 1.90 bits per heavy atom. The van der Waals surface area contributed by atoms with Crippen molar-refractivity contribution < 1.29 is 18.6 Å². The van der Waals surface area contributed by atoms with Crippen LogP contribution >= 0.6 is 11.6 Å². The average Bonchev–Trinajstić information content (AvgIpc) is 2.39. The van der Waals surface area contributed by atoms with E-state index in [2.05, 4.69) is 0 Å². The molecule has 1 atom stereocenters. The van der Waals surface area contributed by atoms with Crippen LogP contribution in [0, 0.1) is 11.6 Å². The summed E-state index contributed by atoms with van der Waals surface area (Å²) in [5.41, 5.74) is 0.476. The van der Waals surface area contributed by atoms with E-state index in [9.17, 15) is 13.9 Å². The van der Waals surface area contributed by atoms with Gasteiger partial charge in [-0.05, 0) is 37.3 Å². The number of rotatable bonds is 4. The largest absolute Gasteiger partial charge is 0.489 e. The third kappa shape index (κ3) is 3.46. The molecule has 0 radical (unpaired) electrons. The van der Waals surface area contributed by atoms with Crippen LogP contribution in [0.4, 0.5) is 8.78 Å². The van der Waals surface area contributed by atoms with Gasteiger partial charge < -0.3 is 9.84 Å². The van der Waals surface area contributed by atoms with Crippen molar-refractivity contribution in [2.45, 2.75) is 19.6 Å². The van der Waals surface area contributed by atoms with Crippen LogP contribution in [0.15, 0.2) is 36.4 Å². The summed E-state index contributed by atoms with van der Waals surface area (Å²) in [7, 11) is 0. The Morgan fingerprint density at radius 1 is 1.15 bits per heavy atom. The Labute approximate surface area is 120 Å². The molecule has 2 aromatic rings. The van der Waals surface area contributed by atoms with Gasteiger partial charge in [-0.2, -0.15) is 0 Å². The highest BCUT2D eigenvalue weighted by Gasteiger charge is 2.10. The number of aliphatic hydroxyl groups excluding tert-OH is 1. The molecule has 0 aliphatic carbocycles. The second-order valence-electron chi connectivity index (χ2n) is 4.38. The summed E-state index contributed by atoms with van der Waals surface area (Å²) in [6, 6.07) is 8.26. The lowest BCUT2D eigenvalue weighted by molar-refractivity contribution is 0.194. The van der Waals surface area contributed by atoms with E-state index in [1.807, 2.05) is 0 Å². The van der Waals surface area contributed by atoms with Crippen molar-refractivity contribution in [3.8, 4) is 5.75 Å². The Hall–Kier alpha value is -1.65. The first-order valence-corrected chi connectivity index (χ1v) is 6.39. The van der Waals surface area contributed by atoms with E-state index in [4.69, 9.17) is 16.3 Å². The van der Waals surface area contributed by atoms with Gasteiger partial charge in [-0.25, -0.2) is 8.78 Å². The normalized spacial score (nSPS) is 12.2. The van der Waals surface area contributed by atoms with Crippen LogP contribution in [0.2, 0.25) is 5.02 Å². The smallest absolute Gasteiger partial charge is 0.132 e. The van der Waals surface area contributed by atoms with Crippen molar-refractivity contribution in [3.05, 3.63) is 64.2 Å². The van der Waals surface area contributed by atoms with Gasteiger partial charge in [0.1, 0.15) is 24.0 Å². The Kier molecular flexibility index (Phi) is 4.57. The fourth-order valence-corrected chi connectivity index (χ4v) is 1.95. The Bertz CT molecular complexity index is 615. The van der Waals surface area contributed by atoms with E-state index in [0.29, 0.717) is 5.02 Å². The van der Waals surface area contributed by atoms with E-state index < -0.39 is 17.7 Å². The first kappa shape index (κ1) is 14.8. The topological polar surface area (TPSA) is 29.5 Å². The van der Waals surface area contributed by atoms with Crippen LogP contribution in [0.25, 0.3) is 0 Å². The predicted octanol–water partition coefficient (Wildman–Crippen LogP) is 4.25. The monoisotopic (exact) mass is 298 g/mol. The second-order valence-corrected chi connectivity index (χ2v) is 4.82. The van der Waals surface area contributed by atoms with Gasteiger partial charge in [-0.15, -0.1) is 0 Å². The SMILES string of the molecule is CC(O)c1ccc(OCc2cc(Cl)ccc2F)cc1F. The predicted molar refractivity (Wildman–Crippen MR) is 72.8 cm³/mol. The molecule has 0 aromatic heterocycles. The van der Waals surface area contributed by atoms with Crippen molar-refractivity contribution >= 4 is 11.6 Å². The molecule has 2 rings (SSSR count). The van der Waals surface area contributed by atoms with Crippen molar-refractivity contribution in [2.75, 3.05) is 0 Å². The molecule has 0 aliphatic rings. The molecule has 0 bridgehead atoms. The third-order valence-corrected chi connectivity index (χ3v) is 3.06. The molecular formula is C15H13ClF2O2. The molecule has 1 N–H and O–H groups in total. The number of aliphatic hydroxyl groups is 1. The highest BCUT2D eigenvalue weighted by Crippen LogP contribution is 2.23. The van der Waals surface area contributed by atoms with Gasteiger partial charge in [0.25, 0.3) is 0 Å². The highest BCUT2D eigenvalue weighted by molar-refractivity contribution is 6.30. The molecular weight excluding hydrogens is 286 g/mol. The molecule has 106 valence electrons. The molecule has 0 fully saturated rings. The van der Waals surface area contributed by atoms with Crippen molar-refractivity contribution in [3.63, 3.8) is 0 Å². The molecule has 20 heavy (non-hydrogen) atoms. The lowest BCUT2D eigenvalue weighted by Gasteiger charge is -2.10. The summed E-state index contributed by atoms with van der Waals surface area (Å²) in [6.07, 6.45) is -0.894. The summed E-state index contributed by atoms with van der Waals surface area (Å²) >= 11 is 5.77. The zero-order valence-corrected chi connectivity index (χ0v) is 11.5. The third-order valence-electron chi connectivity index (χ3n) is 2.82. The minimum Gasteiger partial charge on any atom is -0.489 e. The first-order chi connectivity index (χ1) is 9.47. The van der Waals surface area contributed by atoms with Crippen molar-refractivity contribution in [2.24, 2.45) is 0 Å².